The number of nitrogens with zero attached hydrogens (tertiary/aromatic N) is 3. The Morgan fingerprint density at radius 2 is 1.93 bits per heavy atom. The lowest BCUT2D eigenvalue weighted by atomic mass is 10.1. The smallest absolute Gasteiger partial charge is 0.267 e. The molecule has 6 nitrogen and oxygen atoms in total. The minimum Gasteiger partial charge on any atom is -0.467 e. The average molecular weight is 392 g/mol. The minimum atomic E-state index is -0.110. The van der Waals surface area contributed by atoms with E-state index in [1.807, 2.05) is 56.3 Å². The average Bonchev–Trinajstić information content (AvgIpc) is 3.37. The van der Waals surface area contributed by atoms with Crippen molar-refractivity contribution in [2.24, 2.45) is 0 Å². The summed E-state index contributed by atoms with van der Waals surface area (Å²) in [7, 11) is 0. The van der Waals surface area contributed by atoms with Gasteiger partial charge in [0.2, 0.25) is 0 Å². The third-order valence-corrected chi connectivity index (χ3v) is 5.25. The number of furan rings is 1. The van der Waals surface area contributed by atoms with Gasteiger partial charge in [-0.15, -0.1) is 0 Å². The first-order valence-electron chi connectivity index (χ1n) is 9.04. The fourth-order valence-electron chi connectivity index (χ4n) is 2.85. The Morgan fingerprint density at radius 1 is 1.11 bits per heavy atom. The predicted molar refractivity (Wildman–Crippen MR) is 111 cm³/mol. The molecule has 3 aromatic heterocycles. The quantitative estimate of drug-likeness (QED) is 0.509. The summed E-state index contributed by atoms with van der Waals surface area (Å²) in [6, 6.07) is 17.1. The lowest BCUT2D eigenvalue weighted by Gasteiger charge is -2.09. The molecule has 7 heteroatoms. The van der Waals surface area contributed by atoms with Crippen LogP contribution in [0.3, 0.4) is 0 Å². The first kappa shape index (κ1) is 18.2. The van der Waals surface area contributed by atoms with E-state index in [1.54, 1.807) is 18.4 Å². The zero-order valence-electron chi connectivity index (χ0n) is 15.6. The van der Waals surface area contributed by atoms with E-state index in [-0.39, 0.29) is 11.6 Å². The maximum absolute atomic E-state index is 12.1. The van der Waals surface area contributed by atoms with Crippen LogP contribution in [0.15, 0.2) is 70.1 Å². The summed E-state index contributed by atoms with van der Waals surface area (Å²) < 4.78 is 6.88. The molecule has 3 heterocycles. The molecule has 0 spiro atoms. The Kier molecular flexibility index (Phi) is 5.08. The second-order valence-corrected chi connectivity index (χ2v) is 7.59. The van der Waals surface area contributed by atoms with E-state index >= 15 is 0 Å². The van der Waals surface area contributed by atoms with E-state index in [2.05, 4.69) is 10.4 Å². The molecule has 0 aliphatic carbocycles. The normalized spacial score (nSPS) is 11.1. The van der Waals surface area contributed by atoms with Crippen molar-refractivity contribution in [3.8, 4) is 21.8 Å². The molecule has 0 saturated heterocycles. The number of hydrogen-bond acceptors (Lipinski definition) is 6. The van der Waals surface area contributed by atoms with Gasteiger partial charge >= 0.3 is 0 Å². The van der Waals surface area contributed by atoms with Crippen LogP contribution in [0.5, 0.6) is 0 Å². The van der Waals surface area contributed by atoms with Gasteiger partial charge in [0, 0.05) is 11.6 Å². The molecule has 0 unspecified atom stereocenters. The second kappa shape index (κ2) is 7.82. The van der Waals surface area contributed by atoms with Crippen LogP contribution in [0.25, 0.3) is 21.8 Å². The van der Waals surface area contributed by atoms with Crippen molar-refractivity contribution in [1.82, 2.24) is 14.8 Å². The highest BCUT2D eigenvalue weighted by molar-refractivity contribution is 7.19. The third kappa shape index (κ3) is 3.75. The molecule has 28 heavy (non-hydrogen) atoms. The largest absolute Gasteiger partial charge is 0.467 e. The van der Waals surface area contributed by atoms with Gasteiger partial charge < -0.3 is 9.73 Å². The monoisotopic (exact) mass is 392 g/mol. The van der Waals surface area contributed by atoms with Crippen LogP contribution >= 0.6 is 11.3 Å². The van der Waals surface area contributed by atoms with Crippen LogP contribution in [0.2, 0.25) is 0 Å². The van der Waals surface area contributed by atoms with Gasteiger partial charge in [0.25, 0.3) is 5.56 Å². The van der Waals surface area contributed by atoms with E-state index in [4.69, 9.17) is 9.40 Å². The standard InChI is InChI=1S/C21H20N4O2S/c1-14(2)25-18(26)11-10-17(24-25)20-19(15-7-4-3-5-8-15)23-21(28-20)22-13-16-9-6-12-27-16/h3-12,14H,13H2,1-2H3,(H,22,23). The lowest BCUT2D eigenvalue weighted by Crippen LogP contribution is -2.23. The number of benzene rings is 1. The molecule has 0 atom stereocenters. The summed E-state index contributed by atoms with van der Waals surface area (Å²) >= 11 is 1.51. The van der Waals surface area contributed by atoms with Crippen molar-refractivity contribution in [3.05, 3.63) is 77.0 Å². The fraction of sp³-hybridized carbons (Fsp3) is 0.190. The molecule has 0 aliphatic heterocycles. The number of nitrogens with one attached hydrogen (secondary N) is 1. The Morgan fingerprint density at radius 3 is 2.64 bits per heavy atom. The molecule has 0 fully saturated rings. The summed E-state index contributed by atoms with van der Waals surface area (Å²) in [6.45, 7) is 4.44. The van der Waals surface area contributed by atoms with Gasteiger partial charge in [-0.2, -0.15) is 5.10 Å². The highest BCUT2D eigenvalue weighted by atomic mass is 32.1. The van der Waals surface area contributed by atoms with Crippen molar-refractivity contribution in [1.29, 1.82) is 0 Å². The molecule has 0 saturated carbocycles. The van der Waals surface area contributed by atoms with Crippen molar-refractivity contribution in [2.75, 3.05) is 5.32 Å². The zero-order chi connectivity index (χ0) is 19.5. The molecule has 0 aliphatic rings. The van der Waals surface area contributed by atoms with Gasteiger partial charge in [-0.1, -0.05) is 41.7 Å². The number of anilines is 1. The maximum atomic E-state index is 12.1. The van der Waals surface area contributed by atoms with E-state index in [1.165, 1.54) is 16.0 Å². The number of thiazole rings is 1. The van der Waals surface area contributed by atoms with E-state index in [0.29, 0.717) is 6.54 Å². The number of rotatable bonds is 6. The highest BCUT2D eigenvalue weighted by Gasteiger charge is 2.17. The second-order valence-electron chi connectivity index (χ2n) is 6.59. The molecule has 0 radical (unpaired) electrons. The molecule has 4 aromatic rings. The van der Waals surface area contributed by atoms with Gasteiger partial charge in [-0.25, -0.2) is 9.67 Å². The molecule has 0 bridgehead atoms. The van der Waals surface area contributed by atoms with Gasteiger partial charge in [0.1, 0.15) is 11.5 Å². The maximum Gasteiger partial charge on any atom is 0.267 e. The van der Waals surface area contributed by atoms with Crippen molar-refractivity contribution in [3.63, 3.8) is 0 Å². The third-order valence-electron chi connectivity index (χ3n) is 4.22. The first-order valence-corrected chi connectivity index (χ1v) is 9.86. The SMILES string of the molecule is CC(C)n1nc(-c2sc(NCc3ccco3)nc2-c2ccccc2)ccc1=O. The van der Waals surface area contributed by atoms with E-state index in [0.717, 1.165) is 32.7 Å². The van der Waals surface area contributed by atoms with Gasteiger partial charge in [0.15, 0.2) is 5.13 Å². The Labute approximate surface area is 166 Å². The van der Waals surface area contributed by atoms with Crippen molar-refractivity contribution in [2.45, 2.75) is 26.4 Å². The predicted octanol–water partition coefficient (Wildman–Crippen LogP) is 4.82. The first-order chi connectivity index (χ1) is 13.6. The van der Waals surface area contributed by atoms with Crippen LogP contribution < -0.4 is 10.9 Å². The minimum absolute atomic E-state index is 0.0166. The Bertz CT molecular complexity index is 1120. The molecule has 1 aromatic carbocycles. The van der Waals surface area contributed by atoms with Crippen LogP contribution in [-0.4, -0.2) is 14.8 Å². The van der Waals surface area contributed by atoms with Gasteiger partial charge in [-0.3, -0.25) is 4.79 Å². The summed E-state index contributed by atoms with van der Waals surface area (Å²) in [5.74, 6) is 0.837. The summed E-state index contributed by atoms with van der Waals surface area (Å²) in [6.07, 6.45) is 1.65. The van der Waals surface area contributed by atoms with Crippen LogP contribution in [0.1, 0.15) is 25.6 Å². The lowest BCUT2D eigenvalue weighted by molar-refractivity contribution is 0.505. The van der Waals surface area contributed by atoms with Gasteiger partial charge in [0.05, 0.1) is 29.4 Å². The number of hydrogen-bond donors (Lipinski definition) is 1. The van der Waals surface area contributed by atoms with Crippen LogP contribution in [0.4, 0.5) is 5.13 Å². The highest BCUT2D eigenvalue weighted by Crippen LogP contribution is 2.38. The van der Waals surface area contributed by atoms with Gasteiger partial charge in [-0.05, 0) is 32.0 Å². The Hall–Kier alpha value is -3.19. The van der Waals surface area contributed by atoms with Crippen molar-refractivity contribution >= 4 is 16.5 Å². The fourth-order valence-corrected chi connectivity index (χ4v) is 3.80. The van der Waals surface area contributed by atoms with Crippen LogP contribution in [-0.2, 0) is 6.54 Å². The molecule has 142 valence electrons. The van der Waals surface area contributed by atoms with E-state index in [9.17, 15) is 4.79 Å². The van der Waals surface area contributed by atoms with E-state index < -0.39 is 0 Å². The molecule has 0 amide bonds. The molecular formula is C21H20N4O2S. The molecule has 1 N–H and O–H groups in total. The summed E-state index contributed by atoms with van der Waals surface area (Å²) in [5, 5.41) is 8.67. The molecule has 4 rings (SSSR count). The van der Waals surface area contributed by atoms with Crippen molar-refractivity contribution < 1.29 is 4.42 Å². The summed E-state index contributed by atoms with van der Waals surface area (Å²) in [4.78, 5) is 17.8. The summed E-state index contributed by atoms with van der Waals surface area (Å²) in [5.41, 5.74) is 2.47. The topological polar surface area (TPSA) is 73.0 Å². The van der Waals surface area contributed by atoms with Crippen LogP contribution in [0, 0.1) is 0 Å². The number of aromatic nitrogens is 3. The molecular weight excluding hydrogens is 372 g/mol. The Balaban J connectivity index is 1.76. The zero-order valence-corrected chi connectivity index (χ0v) is 16.4.